The van der Waals surface area contributed by atoms with E-state index in [1.54, 1.807) is 6.92 Å². The highest BCUT2D eigenvalue weighted by molar-refractivity contribution is 7.90. The number of sulfonamides is 2. The third-order valence-electron chi connectivity index (χ3n) is 3.04. The van der Waals surface area contributed by atoms with Gasteiger partial charge in [-0.25, -0.2) is 26.3 Å². The lowest BCUT2D eigenvalue weighted by Gasteiger charge is -2.17. The van der Waals surface area contributed by atoms with Crippen LogP contribution in [0, 0.1) is 5.92 Å². The fourth-order valence-electron chi connectivity index (χ4n) is 1.38. The zero-order chi connectivity index (χ0) is 15.6. The van der Waals surface area contributed by atoms with Crippen molar-refractivity contribution >= 4 is 20.0 Å². The molecule has 114 valence electrons. The fraction of sp³-hybridized carbons (Fsp3) is 0.500. The van der Waals surface area contributed by atoms with Crippen molar-refractivity contribution in [3.63, 3.8) is 0 Å². The number of rotatable bonds is 6. The van der Waals surface area contributed by atoms with Gasteiger partial charge in [0.05, 0.1) is 9.79 Å². The predicted octanol–water partition coefficient (Wildman–Crippen LogP) is 0.917. The van der Waals surface area contributed by atoms with Crippen LogP contribution in [-0.4, -0.2) is 29.9 Å². The Bertz CT molecular complexity index is 666. The Morgan fingerprint density at radius 2 is 1.45 bits per heavy atom. The van der Waals surface area contributed by atoms with Gasteiger partial charge in [0.15, 0.2) is 0 Å². The van der Waals surface area contributed by atoms with Crippen molar-refractivity contribution in [3.05, 3.63) is 24.3 Å². The minimum atomic E-state index is -3.74. The van der Waals surface area contributed by atoms with Gasteiger partial charge in [0.1, 0.15) is 0 Å². The molecular weight excluding hydrogens is 300 g/mol. The number of nitrogens with one attached hydrogen (secondary N) is 2. The van der Waals surface area contributed by atoms with Crippen LogP contribution in [0.1, 0.15) is 20.8 Å². The highest BCUT2D eigenvalue weighted by Crippen LogP contribution is 2.16. The first-order valence-corrected chi connectivity index (χ1v) is 9.12. The van der Waals surface area contributed by atoms with Crippen molar-refractivity contribution in [2.24, 2.45) is 5.92 Å². The molecule has 0 heterocycles. The van der Waals surface area contributed by atoms with E-state index in [-0.39, 0.29) is 21.8 Å². The first-order valence-electron chi connectivity index (χ1n) is 6.16. The Morgan fingerprint density at radius 1 is 0.950 bits per heavy atom. The van der Waals surface area contributed by atoms with Gasteiger partial charge in [-0.05, 0) is 38.1 Å². The van der Waals surface area contributed by atoms with E-state index in [2.05, 4.69) is 9.44 Å². The highest BCUT2D eigenvalue weighted by atomic mass is 32.2. The lowest BCUT2D eigenvalue weighted by Crippen LogP contribution is -2.36. The van der Waals surface area contributed by atoms with Gasteiger partial charge in [-0.3, -0.25) is 0 Å². The maximum atomic E-state index is 12.2. The molecule has 1 atom stereocenters. The minimum absolute atomic E-state index is 0.0682. The van der Waals surface area contributed by atoms with Gasteiger partial charge in [0, 0.05) is 6.04 Å². The van der Waals surface area contributed by atoms with Crippen LogP contribution < -0.4 is 9.44 Å². The Hall–Kier alpha value is -0.960. The molecule has 0 aliphatic rings. The van der Waals surface area contributed by atoms with Crippen LogP contribution in [0.25, 0.3) is 0 Å². The summed E-state index contributed by atoms with van der Waals surface area (Å²) in [5.41, 5.74) is 0. The van der Waals surface area contributed by atoms with Crippen LogP contribution in [-0.2, 0) is 20.0 Å². The molecule has 1 aromatic rings. The zero-order valence-corrected chi connectivity index (χ0v) is 13.5. The maximum absolute atomic E-state index is 12.2. The molecule has 0 aliphatic carbocycles. The summed E-state index contributed by atoms with van der Waals surface area (Å²) in [7, 11) is -6.13. The van der Waals surface area contributed by atoms with E-state index in [1.807, 2.05) is 13.8 Å². The second-order valence-electron chi connectivity index (χ2n) is 4.84. The molecule has 1 unspecified atom stereocenters. The second-order valence-corrected chi connectivity index (χ2v) is 8.44. The molecule has 8 heteroatoms. The Balaban J connectivity index is 3.18. The summed E-state index contributed by atoms with van der Waals surface area (Å²) in [6.45, 7) is 5.56. The zero-order valence-electron chi connectivity index (χ0n) is 11.9. The Labute approximate surface area is 120 Å². The molecule has 2 N–H and O–H groups in total. The summed E-state index contributed by atoms with van der Waals surface area (Å²) in [4.78, 5) is -0.151. The molecular formula is C12H20N2O4S2. The Kier molecular flexibility index (Phi) is 5.31. The molecule has 0 bridgehead atoms. The molecule has 0 saturated carbocycles. The third kappa shape index (κ3) is 4.02. The van der Waals surface area contributed by atoms with Gasteiger partial charge in [-0.1, -0.05) is 19.9 Å². The van der Waals surface area contributed by atoms with Crippen molar-refractivity contribution in [2.75, 3.05) is 7.05 Å². The summed E-state index contributed by atoms with van der Waals surface area (Å²) in [5.74, 6) is 0.133. The largest absolute Gasteiger partial charge is 0.240 e. The molecule has 0 fully saturated rings. The second kappa shape index (κ2) is 6.21. The van der Waals surface area contributed by atoms with E-state index in [9.17, 15) is 16.8 Å². The van der Waals surface area contributed by atoms with Gasteiger partial charge in [-0.15, -0.1) is 0 Å². The molecule has 20 heavy (non-hydrogen) atoms. The van der Waals surface area contributed by atoms with Crippen LogP contribution >= 0.6 is 0 Å². The predicted molar refractivity (Wildman–Crippen MR) is 77.3 cm³/mol. The average Bonchev–Trinajstić information content (AvgIpc) is 2.38. The van der Waals surface area contributed by atoms with Gasteiger partial charge >= 0.3 is 0 Å². The minimum Gasteiger partial charge on any atom is -0.214 e. The smallest absolute Gasteiger partial charge is 0.214 e. The van der Waals surface area contributed by atoms with Crippen LogP contribution in [0.2, 0.25) is 0 Å². The van der Waals surface area contributed by atoms with Gasteiger partial charge < -0.3 is 0 Å². The SMILES string of the molecule is CNS(=O)(=O)c1cccc(S(=O)(=O)NC(C)C(C)C)c1. The molecule has 0 saturated heterocycles. The molecule has 1 aromatic carbocycles. The van der Waals surface area contributed by atoms with Crippen LogP contribution in [0.3, 0.4) is 0 Å². The van der Waals surface area contributed by atoms with E-state index in [1.165, 1.54) is 25.2 Å². The summed E-state index contributed by atoms with van der Waals surface area (Å²) < 4.78 is 52.4. The topological polar surface area (TPSA) is 92.3 Å². The van der Waals surface area contributed by atoms with Crippen molar-refractivity contribution in [2.45, 2.75) is 36.6 Å². The molecule has 0 aromatic heterocycles. The normalized spacial score (nSPS) is 14.4. The van der Waals surface area contributed by atoms with Crippen LogP contribution in [0.5, 0.6) is 0 Å². The molecule has 0 amide bonds. The summed E-state index contributed by atoms with van der Waals surface area (Å²) in [5, 5.41) is 0. The van der Waals surface area contributed by atoms with E-state index < -0.39 is 20.0 Å². The third-order valence-corrected chi connectivity index (χ3v) is 6.00. The molecule has 0 radical (unpaired) electrons. The standard InChI is InChI=1S/C12H20N2O4S2/c1-9(2)10(3)14-20(17,18)12-7-5-6-11(8-12)19(15,16)13-4/h5-10,13-14H,1-4H3. The van der Waals surface area contributed by atoms with E-state index >= 15 is 0 Å². The summed E-state index contributed by atoms with van der Waals surface area (Å²) >= 11 is 0. The quantitative estimate of drug-likeness (QED) is 0.815. The molecule has 0 spiro atoms. The number of benzene rings is 1. The number of hydrogen-bond donors (Lipinski definition) is 2. The van der Waals surface area contributed by atoms with Crippen molar-refractivity contribution in [1.82, 2.24) is 9.44 Å². The molecule has 0 aliphatic heterocycles. The van der Waals surface area contributed by atoms with E-state index in [0.29, 0.717) is 0 Å². The number of hydrogen-bond acceptors (Lipinski definition) is 4. The van der Waals surface area contributed by atoms with Gasteiger partial charge in [0.2, 0.25) is 20.0 Å². The highest BCUT2D eigenvalue weighted by Gasteiger charge is 2.21. The molecule has 6 nitrogen and oxygen atoms in total. The fourth-order valence-corrected chi connectivity index (χ4v) is 3.66. The van der Waals surface area contributed by atoms with E-state index in [4.69, 9.17) is 0 Å². The van der Waals surface area contributed by atoms with Gasteiger partial charge in [0.25, 0.3) is 0 Å². The van der Waals surface area contributed by atoms with Crippen molar-refractivity contribution < 1.29 is 16.8 Å². The lowest BCUT2D eigenvalue weighted by atomic mass is 10.1. The maximum Gasteiger partial charge on any atom is 0.240 e. The van der Waals surface area contributed by atoms with E-state index in [0.717, 1.165) is 6.07 Å². The Morgan fingerprint density at radius 3 is 1.90 bits per heavy atom. The van der Waals surface area contributed by atoms with Crippen molar-refractivity contribution in [1.29, 1.82) is 0 Å². The first-order chi connectivity index (χ1) is 9.10. The summed E-state index contributed by atoms with van der Waals surface area (Å²) in [6, 6.07) is 5.01. The monoisotopic (exact) mass is 320 g/mol. The van der Waals surface area contributed by atoms with Crippen molar-refractivity contribution in [3.8, 4) is 0 Å². The molecule has 1 rings (SSSR count). The van der Waals surface area contributed by atoms with Gasteiger partial charge in [-0.2, -0.15) is 0 Å². The lowest BCUT2D eigenvalue weighted by molar-refractivity contribution is 0.476. The summed E-state index contributed by atoms with van der Waals surface area (Å²) in [6.07, 6.45) is 0. The van der Waals surface area contributed by atoms with Crippen LogP contribution in [0.15, 0.2) is 34.1 Å². The first kappa shape index (κ1) is 17.1. The van der Waals surface area contributed by atoms with Crippen LogP contribution in [0.4, 0.5) is 0 Å². The average molecular weight is 320 g/mol.